The molecule has 2 amide bonds. The van der Waals surface area contributed by atoms with Crippen molar-refractivity contribution in [3.8, 4) is 5.75 Å². The number of nitrogens with one attached hydrogen (secondary N) is 2. The molecule has 0 saturated heterocycles. The largest absolute Gasteiger partial charge is 0.491 e. The van der Waals surface area contributed by atoms with Crippen molar-refractivity contribution in [2.45, 2.75) is 24.7 Å². The van der Waals surface area contributed by atoms with Crippen LogP contribution >= 0.6 is 0 Å². The minimum atomic E-state index is -4.14. The van der Waals surface area contributed by atoms with Crippen LogP contribution in [0, 0.1) is 6.92 Å². The number of rotatable bonds is 3. The molecule has 1 heterocycles. The average Bonchev–Trinajstić information content (AvgIpc) is 2.85. The summed E-state index contributed by atoms with van der Waals surface area (Å²) in [7, 11) is -2.96. The van der Waals surface area contributed by atoms with Gasteiger partial charge in [0, 0.05) is 26.1 Å². The van der Waals surface area contributed by atoms with Gasteiger partial charge in [-0.25, -0.2) is 13.2 Å². The number of methoxy groups -OCH3 is 1. The highest BCUT2D eigenvalue weighted by Gasteiger charge is 2.29. The van der Waals surface area contributed by atoms with Gasteiger partial charge in [-0.3, -0.25) is 9.59 Å². The molecule has 188 valence electrons. The maximum absolute atomic E-state index is 13.5. The molecular formula is C24H29N3O7S. The maximum Gasteiger partial charge on any atom is 0.339 e. The van der Waals surface area contributed by atoms with E-state index in [0.717, 1.165) is 9.87 Å². The second kappa shape index (κ2) is 11.8. The molecule has 2 aromatic carbocycles. The third-order valence-electron chi connectivity index (χ3n) is 5.43. The van der Waals surface area contributed by atoms with Gasteiger partial charge < -0.3 is 20.1 Å². The number of ether oxygens (including phenoxy) is 2. The molecule has 0 unspecified atom stereocenters. The number of carbonyl (C=O) groups excluding carboxylic acids is 3. The van der Waals surface area contributed by atoms with Crippen LogP contribution in [-0.4, -0.2) is 70.4 Å². The van der Waals surface area contributed by atoms with Gasteiger partial charge in [-0.2, -0.15) is 4.31 Å². The Kier molecular flexibility index (Phi) is 8.83. The van der Waals surface area contributed by atoms with Crippen LogP contribution in [0.25, 0.3) is 0 Å². The molecule has 0 fully saturated rings. The van der Waals surface area contributed by atoms with Crippen molar-refractivity contribution in [3.05, 3.63) is 59.2 Å². The van der Waals surface area contributed by atoms with Gasteiger partial charge in [0.05, 0.1) is 29.7 Å². The van der Waals surface area contributed by atoms with Crippen LogP contribution in [-0.2, 0) is 19.6 Å². The summed E-state index contributed by atoms with van der Waals surface area (Å²) in [5.41, 5.74) is 1.09. The zero-order valence-corrected chi connectivity index (χ0v) is 20.5. The molecule has 0 saturated carbocycles. The summed E-state index contributed by atoms with van der Waals surface area (Å²) >= 11 is 0. The highest BCUT2D eigenvalue weighted by Crippen LogP contribution is 2.22. The third-order valence-corrected chi connectivity index (χ3v) is 7.39. The third kappa shape index (κ3) is 6.58. The molecule has 3 rings (SSSR count). The van der Waals surface area contributed by atoms with Crippen molar-refractivity contribution >= 4 is 27.8 Å². The molecule has 0 radical (unpaired) electrons. The molecule has 10 nitrogen and oxygen atoms in total. The predicted octanol–water partition coefficient (Wildman–Crippen LogP) is 1.49. The Morgan fingerprint density at radius 3 is 2.60 bits per heavy atom. The van der Waals surface area contributed by atoms with Crippen molar-refractivity contribution in [2.24, 2.45) is 0 Å². The smallest absolute Gasteiger partial charge is 0.339 e. The summed E-state index contributed by atoms with van der Waals surface area (Å²) in [4.78, 5) is 37.1. The lowest BCUT2D eigenvalue weighted by Crippen LogP contribution is -2.40. The van der Waals surface area contributed by atoms with E-state index in [2.05, 4.69) is 10.6 Å². The lowest BCUT2D eigenvalue weighted by molar-refractivity contribution is -0.121. The van der Waals surface area contributed by atoms with E-state index in [1.54, 1.807) is 18.2 Å². The summed E-state index contributed by atoms with van der Waals surface area (Å²) in [6.45, 7) is 2.23. The molecular weight excluding hydrogens is 474 g/mol. The van der Waals surface area contributed by atoms with Crippen LogP contribution in [0.3, 0.4) is 0 Å². The minimum Gasteiger partial charge on any atom is -0.491 e. The Labute approximate surface area is 204 Å². The van der Waals surface area contributed by atoms with E-state index in [1.165, 1.54) is 25.3 Å². The molecule has 0 atom stereocenters. The van der Waals surface area contributed by atoms with E-state index in [0.29, 0.717) is 11.3 Å². The predicted molar refractivity (Wildman–Crippen MR) is 128 cm³/mol. The first kappa shape index (κ1) is 26.2. The second-order valence-corrected chi connectivity index (χ2v) is 9.86. The summed E-state index contributed by atoms with van der Waals surface area (Å²) in [5, 5.41) is 5.48. The van der Waals surface area contributed by atoms with Gasteiger partial charge in [0.1, 0.15) is 12.4 Å². The van der Waals surface area contributed by atoms with Crippen molar-refractivity contribution in [1.82, 2.24) is 14.9 Å². The van der Waals surface area contributed by atoms with Gasteiger partial charge in [-0.1, -0.05) is 23.8 Å². The topological polar surface area (TPSA) is 131 Å². The second-order valence-electron chi connectivity index (χ2n) is 7.95. The summed E-state index contributed by atoms with van der Waals surface area (Å²) in [5.74, 6) is -1.06. The number of amides is 2. The van der Waals surface area contributed by atoms with Crippen LogP contribution in [0.1, 0.15) is 39.1 Å². The molecule has 2 N–H and O–H groups in total. The van der Waals surface area contributed by atoms with E-state index in [9.17, 15) is 22.8 Å². The summed E-state index contributed by atoms with van der Waals surface area (Å²) in [6, 6.07) is 10.9. The number of sulfonamides is 1. The molecule has 1 aliphatic rings. The van der Waals surface area contributed by atoms with Gasteiger partial charge in [0.15, 0.2) is 0 Å². The summed E-state index contributed by atoms with van der Waals surface area (Å²) in [6.07, 6.45) is 0.354. The quantitative estimate of drug-likeness (QED) is 0.607. The number of benzene rings is 2. The molecule has 0 aromatic heterocycles. The zero-order chi connectivity index (χ0) is 25.4. The number of hydrogen-bond acceptors (Lipinski definition) is 7. The fourth-order valence-corrected chi connectivity index (χ4v) is 5.31. The van der Waals surface area contributed by atoms with E-state index in [1.807, 2.05) is 13.0 Å². The standard InChI is InChI=1S/C24H29N3O7S/c1-17-9-10-20-19(16-17)23(29)26-11-14-27(13-5-8-22(28)25-12-15-34-20)35(31,32)21-7-4-3-6-18(21)24(30)33-2/h3-4,6-7,9-10,16H,5,8,11-15H2,1-2H3,(H,25,28)(H,26,29). The molecule has 11 heteroatoms. The average molecular weight is 504 g/mol. The fourth-order valence-electron chi connectivity index (χ4n) is 3.65. The Hall–Kier alpha value is -3.44. The van der Waals surface area contributed by atoms with Crippen LogP contribution in [0.4, 0.5) is 0 Å². The first-order chi connectivity index (χ1) is 16.7. The van der Waals surface area contributed by atoms with Crippen LogP contribution in [0.5, 0.6) is 5.75 Å². The monoisotopic (exact) mass is 503 g/mol. The van der Waals surface area contributed by atoms with Crippen molar-refractivity contribution in [2.75, 3.05) is 39.9 Å². The Morgan fingerprint density at radius 2 is 1.83 bits per heavy atom. The van der Waals surface area contributed by atoms with Crippen LogP contribution < -0.4 is 15.4 Å². The minimum absolute atomic E-state index is 0.0119. The Balaban J connectivity index is 1.89. The van der Waals surface area contributed by atoms with Crippen molar-refractivity contribution in [1.29, 1.82) is 0 Å². The highest BCUT2D eigenvalue weighted by molar-refractivity contribution is 7.89. The molecule has 0 spiro atoms. The molecule has 2 aromatic rings. The zero-order valence-electron chi connectivity index (χ0n) is 19.7. The molecule has 35 heavy (non-hydrogen) atoms. The number of aryl methyl sites for hydroxylation is 1. The summed E-state index contributed by atoms with van der Waals surface area (Å²) < 4.78 is 38.6. The van der Waals surface area contributed by atoms with Gasteiger partial charge in [0.2, 0.25) is 15.9 Å². The normalized spacial score (nSPS) is 16.5. The lowest BCUT2D eigenvalue weighted by atomic mass is 10.1. The first-order valence-corrected chi connectivity index (χ1v) is 12.6. The fraction of sp³-hybridized carbons (Fsp3) is 0.375. The molecule has 0 aliphatic carbocycles. The number of nitrogens with zero attached hydrogens (tertiary/aromatic N) is 1. The van der Waals surface area contributed by atoms with Crippen molar-refractivity contribution < 1.29 is 32.3 Å². The number of carbonyl (C=O) groups is 3. The first-order valence-electron chi connectivity index (χ1n) is 11.2. The van der Waals surface area contributed by atoms with E-state index in [-0.39, 0.29) is 62.0 Å². The molecule has 1 aliphatic heterocycles. The Morgan fingerprint density at radius 1 is 1.06 bits per heavy atom. The van der Waals surface area contributed by atoms with Crippen LogP contribution in [0.2, 0.25) is 0 Å². The SMILES string of the molecule is COC(=O)c1ccccc1S(=O)(=O)N1CCCC(=O)NCCOc2ccc(C)cc2C(=O)NCC1. The van der Waals surface area contributed by atoms with Gasteiger partial charge in [-0.05, 0) is 37.6 Å². The van der Waals surface area contributed by atoms with E-state index >= 15 is 0 Å². The van der Waals surface area contributed by atoms with E-state index < -0.39 is 21.9 Å². The van der Waals surface area contributed by atoms with E-state index in [4.69, 9.17) is 9.47 Å². The lowest BCUT2D eigenvalue weighted by Gasteiger charge is -2.23. The van der Waals surface area contributed by atoms with Gasteiger partial charge in [0.25, 0.3) is 5.91 Å². The van der Waals surface area contributed by atoms with Crippen LogP contribution in [0.15, 0.2) is 47.4 Å². The number of fused-ring (bicyclic) bond motifs is 1. The van der Waals surface area contributed by atoms with Gasteiger partial charge in [-0.15, -0.1) is 0 Å². The molecule has 0 bridgehead atoms. The maximum atomic E-state index is 13.5. The number of hydrogen-bond donors (Lipinski definition) is 2. The highest BCUT2D eigenvalue weighted by atomic mass is 32.2. The number of esters is 1. The van der Waals surface area contributed by atoms with Gasteiger partial charge >= 0.3 is 5.97 Å². The van der Waals surface area contributed by atoms with Crippen molar-refractivity contribution in [3.63, 3.8) is 0 Å². The Bertz CT molecular complexity index is 1200.